The Balaban J connectivity index is 2.02. The van der Waals surface area contributed by atoms with Crippen LogP contribution in [0.2, 0.25) is 0 Å². The molecule has 0 aliphatic heterocycles. The monoisotopic (exact) mass is 478 g/mol. The summed E-state index contributed by atoms with van der Waals surface area (Å²) in [5.74, 6) is -3.07. The van der Waals surface area contributed by atoms with Crippen molar-refractivity contribution in [1.82, 2.24) is 9.55 Å². The van der Waals surface area contributed by atoms with Crippen molar-refractivity contribution in [3.05, 3.63) is 76.9 Å². The molecule has 8 heteroatoms. The van der Waals surface area contributed by atoms with Crippen LogP contribution in [0, 0.1) is 5.41 Å². The molecule has 0 spiro atoms. The van der Waals surface area contributed by atoms with Gasteiger partial charge < -0.3 is 19.9 Å². The number of carboxylic acids is 2. The van der Waals surface area contributed by atoms with E-state index >= 15 is 0 Å². The minimum Gasteiger partial charge on any atom is -0.477 e. The van der Waals surface area contributed by atoms with Gasteiger partial charge in [-0.05, 0) is 28.5 Å². The van der Waals surface area contributed by atoms with Crippen LogP contribution in [0.25, 0.3) is 11.1 Å². The maximum Gasteiger partial charge on any atom is 0.377 e. The zero-order valence-corrected chi connectivity index (χ0v) is 20.3. The Hall–Kier alpha value is -3.78. The summed E-state index contributed by atoms with van der Waals surface area (Å²) in [6, 6.07) is 13.6. The number of aromatic nitrogens is 2. The van der Waals surface area contributed by atoms with Crippen LogP contribution < -0.4 is 0 Å². The van der Waals surface area contributed by atoms with Crippen molar-refractivity contribution in [3.63, 3.8) is 0 Å². The van der Waals surface area contributed by atoms with Gasteiger partial charge >= 0.3 is 11.9 Å². The Morgan fingerprint density at radius 1 is 1.00 bits per heavy atom. The third-order valence-corrected chi connectivity index (χ3v) is 5.80. The van der Waals surface area contributed by atoms with E-state index in [1.54, 1.807) is 47.0 Å². The van der Waals surface area contributed by atoms with Crippen molar-refractivity contribution in [1.29, 1.82) is 0 Å². The van der Waals surface area contributed by atoms with Crippen molar-refractivity contribution in [2.24, 2.45) is 5.41 Å². The van der Waals surface area contributed by atoms with Crippen LogP contribution in [0.3, 0.4) is 0 Å². The first-order valence-corrected chi connectivity index (χ1v) is 11.4. The first-order valence-electron chi connectivity index (χ1n) is 11.4. The van der Waals surface area contributed by atoms with E-state index in [9.17, 15) is 24.6 Å². The van der Waals surface area contributed by atoms with Gasteiger partial charge in [0.1, 0.15) is 17.6 Å². The fourth-order valence-electron chi connectivity index (χ4n) is 3.95. The van der Waals surface area contributed by atoms with Crippen molar-refractivity contribution < 1.29 is 29.7 Å². The SMILES string of the molecule is CCCc1nc(C(O)C(C)(C)C)c(C(=O)O)n1Cc1ccc(-c2ccccc2C(=O)C(=O)O)cc1. The number of benzene rings is 2. The Morgan fingerprint density at radius 2 is 1.63 bits per heavy atom. The molecule has 3 N–H and O–H groups in total. The molecular formula is C27H30N2O6. The fourth-order valence-corrected chi connectivity index (χ4v) is 3.95. The Bertz CT molecular complexity index is 1250. The van der Waals surface area contributed by atoms with Crippen LogP contribution in [0.4, 0.5) is 0 Å². The topological polar surface area (TPSA) is 130 Å². The van der Waals surface area contributed by atoms with Crippen molar-refractivity contribution in [2.45, 2.75) is 53.2 Å². The number of hydrogen-bond acceptors (Lipinski definition) is 5. The number of carbonyl (C=O) groups excluding carboxylic acids is 1. The average Bonchev–Trinajstić information content (AvgIpc) is 3.16. The van der Waals surface area contributed by atoms with Crippen molar-refractivity contribution >= 4 is 17.7 Å². The molecular weight excluding hydrogens is 448 g/mol. The molecule has 0 saturated heterocycles. The number of aliphatic hydroxyl groups excluding tert-OH is 1. The molecule has 0 saturated carbocycles. The molecule has 8 nitrogen and oxygen atoms in total. The smallest absolute Gasteiger partial charge is 0.377 e. The van der Waals surface area contributed by atoms with E-state index in [1.807, 2.05) is 27.7 Å². The highest BCUT2D eigenvalue weighted by Crippen LogP contribution is 2.35. The number of carboxylic acid groups (broad SMARTS) is 2. The standard InChI is InChI=1S/C27H30N2O6/c1-5-8-20-28-21(24(31)27(2,3)4)22(25(32)33)29(20)15-16-11-13-17(14-12-16)18-9-6-7-10-19(18)23(30)26(34)35/h6-7,9-14,24,31H,5,8,15H2,1-4H3,(H,32,33)(H,34,35). The highest BCUT2D eigenvalue weighted by atomic mass is 16.4. The number of Topliss-reactive ketones (excluding diaryl/α,β-unsaturated/α-hetero) is 1. The molecule has 184 valence electrons. The number of ketones is 1. The van der Waals surface area contributed by atoms with Gasteiger partial charge in [0.25, 0.3) is 5.78 Å². The number of aromatic carboxylic acids is 1. The quantitative estimate of drug-likeness (QED) is 0.303. The summed E-state index contributed by atoms with van der Waals surface area (Å²) in [7, 11) is 0. The normalized spacial score (nSPS) is 12.4. The largest absolute Gasteiger partial charge is 0.477 e. The van der Waals surface area contributed by atoms with Gasteiger partial charge in [-0.3, -0.25) is 4.79 Å². The van der Waals surface area contributed by atoms with Crippen LogP contribution in [0.15, 0.2) is 48.5 Å². The van der Waals surface area contributed by atoms with Gasteiger partial charge in [-0.15, -0.1) is 0 Å². The number of rotatable bonds is 9. The molecule has 0 fully saturated rings. The Labute approximate surface area is 203 Å². The second-order valence-corrected chi connectivity index (χ2v) is 9.55. The van der Waals surface area contributed by atoms with E-state index in [2.05, 4.69) is 4.98 Å². The predicted molar refractivity (Wildman–Crippen MR) is 131 cm³/mol. The van der Waals surface area contributed by atoms with Crippen LogP contribution >= 0.6 is 0 Å². The molecule has 0 aliphatic carbocycles. The molecule has 0 bridgehead atoms. The summed E-state index contributed by atoms with van der Waals surface area (Å²) < 4.78 is 1.63. The minimum absolute atomic E-state index is 0.0302. The third kappa shape index (κ3) is 5.49. The van der Waals surface area contributed by atoms with Crippen LogP contribution in [0.5, 0.6) is 0 Å². The molecule has 0 aliphatic rings. The molecule has 1 heterocycles. The van der Waals surface area contributed by atoms with E-state index in [0.717, 1.165) is 12.0 Å². The summed E-state index contributed by atoms with van der Waals surface area (Å²) >= 11 is 0. The second-order valence-electron chi connectivity index (χ2n) is 9.55. The van der Waals surface area contributed by atoms with Gasteiger partial charge in [-0.2, -0.15) is 0 Å². The molecule has 2 aromatic carbocycles. The van der Waals surface area contributed by atoms with Gasteiger partial charge in [-0.25, -0.2) is 14.6 Å². The third-order valence-electron chi connectivity index (χ3n) is 5.80. The van der Waals surface area contributed by atoms with Gasteiger partial charge in [0.15, 0.2) is 5.69 Å². The molecule has 0 radical (unpaired) electrons. The summed E-state index contributed by atoms with van der Waals surface area (Å²) in [6.45, 7) is 7.69. The van der Waals surface area contributed by atoms with E-state index in [0.29, 0.717) is 23.4 Å². The van der Waals surface area contributed by atoms with Crippen LogP contribution in [0.1, 0.15) is 78.1 Å². The lowest BCUT2D eigenvalue weighted by molar-refractivity contribution is -0.131. The summed E-state index contributed by atoms with van der Waals surface area (Å²) in [6.07, 6.45) is 0.269. The first-order chi connectivity index (χ1) is 16.5. The van der Waals surface area contributed by atoms with Crippen LogP contribution in [-0.4, -0.2) is 42.6 Å². The Morgan fingerprint density at radius 3 is 2.17 bits per heavy atom. The lowest BCUT2D eigenvalue weighted by Gasteiger charge is -2.24. The second kappa shape index (κ2) is 10.2. The number of aryl methyl sites for hydroxylation is 1. The number of aliphatic carboxylic acids is 1. The Kier molecular flexibility index (Phi) is 7.55. The van der Waals surface area contributed by atoms with E-state index in [4.69, 9.17) is 5.11 Å². The van der Waals surface area contributed by atoms with Gasteiger partial charge in [-0.1, -0.05) is 76.2 Å². The maximum absolute atomic E-state index is 12.2. The van der Waals surface area contributed by atoms with Gasteiger partial charge in [0.05, 0.1) is 0 Å². The van der Waals surface area contributed by atoms with Crippen molar-refractivity contribution in [3.8, 4) is 11.1 Å². The van der Waals surface area contributed by atoms with Gasteiger partial charge in [0, 0.05) is 18.5 Å². The van der Waals surface area contributed by atoms with E-state index in [1.165, 1.54) is 6.07 Å². The van der Waals surface area contributed by atoms with E-state index in [-0.39, 0.29) is 23.5 Å². The van der Waals surface area contributed by atoms with Crippen molar-refractivity contribution in [2.75, 3.05) is 0 Å². The van der Waals surface area contributed by atoms with E-state index < -0.39 is 29.2 Å². The number of aliphatic hydroxyl groups is 1. The highest BCUT2D eigenvalue weighted by Gasteiger charge is 2.33. The molecule has 35 heavy (non-hydrogen) atoms. The number of hydrogen-bond donors (Lipinski definition) is 3. The molecule has 3 aromatic rings. The fraction of sp³-hybridized carbons (Fsp3) is 0.333. The molecule has 0 amide bonds. The lowest BCUT2D eigenvalue weighted by atomic mass is 9.86. The summed E-state index contributed by atoms with van der Waals surface area (Å²) in [4.78, 5) is 40.1. The number of nitrogens with zero attached hydrogens (tertiary/aromatic N) is 2. The molecule has 1 atom stereocenters. The van der Waals surface area contributed by atoms with Gasteiger partial charge in [0.2, 0.25) is 0 Å². The first kappa shape index (κ1) is 25.8. The lowest BCUT2D eigenvalue weighted by Crippen LogP contribution is -2.22. The summed E-state index contributed by atoms with van der Waals surface area (Å²) in [5, 5.41) is 29.9. The molecule has 3 rings (SSSR count). The molecule has 1 aromatic heterocycles. The number of imidazole rings is 1. The highest BCUT2D eigenvalue weighted by molar-refractivity contribution is 6.41. The zero-order chi connectivity index (χ0) is 25.9. The summed E-state index contributed by atoms with van der Waals surface area (Å²) in [5.41, 5.74) is 1.60. The minimum atomic E-state index is -1.52. The maximum atomic E-state index is 12.2. The molecule has 1 unspecified atom stereocenters. The predicted octanol–water partition coefficient (Wildman–Crippen LogP) is 4.60. The average molecular weight is 479 g/mol. The number of carbonyl (C=O) groups is 3. The zero-order valence-electron chi connectivity index (χ0n) is 20.3. The van der Waals surface area contributed by atoms with Crippen LogP contribution in [-0.2, 0) is 17.8 Å².